The molecule has 2 fully saturated rings. The molecule has 1 saturated carbocycles. The predicted molar refractivity (Wildman–Crippen MR) is 101 cm³/mol. The molecule has 1 aliphatic carbocycles. The van der Waals surface area contributed by atoms with Gasteiger partial charge in [0, 0.05) is 25.8 Å². The van der Waals surface area contributed by atoms with Crippen molar-refractivity contribution in [2.45, 2.75) is 31.5 Å². The summed E-state index contributed by atoms with van der Waals surface area (Å²) in [6.45, 7) is 1.16. The van der Waals surface area contributed by atoms with Crippen LogP contribution in [0.2, 0.25) is 0 Å². The van der Waals surface area contributed by atoms with Gasteiger partial charge >= 0.3 is 0 Å². The first-order valence-electron chi connectivity index (χ1n) is 9.20. The van der Waals surface area contributed by atoms with Crippen LogP contribution in [-0.2, 0) is 14.6 Å². The Morgan fingerprint density at radius 2 is 1.81 bits per heavy atom. The zero-order valence-electron chi connectivity index (χ0n) is 15.7. The fourth-order valence-corrected chi connectivity index (χ4v) is 4.58. The van der Waals surface area contributed by atoms with Gasteiger partial charge in [0.05, 0.1) is 19.0 Å². The van der Waals surface area contributed by atoms with E-state index < -0.39 is 15.9 Å². The van der Waals surface area contributed by atoms with E-state index in [0.29, 0.717) is 37.4 Å². The van der Waals surface area contributed by atoms with E-state index in [1.807, 2.05) is 24.3 Å². The van der Waals surface area contributed by atoms with Gasteiger partial charge in [0.15, 0.2) is 11.5 Å². The zero-order valence-corrected chi connectivity index (χ0v) is 16.5. The number of para-hydroxylation sites is 2. The molecule has 150 valence electrons. The van der Waals surface area contributed by atoms with Gasteiger partial charge in [-0.2, -0.15) is 0 Å². The summed E-state index contributed by atoms with van der Waals surface area (Å²) in [5.41, 5.74) is 0. The number of sulfone groups is 1. The minimum atomic E-state index is -3.15. The number of hydrogen-bond donors (Lipinski definition) is 1. The van der Waals surface area contributed by atoms with E-state index in [1.165, 1.54) is 0 Å². The van der Waals surface area contributed by atoms with Crippen molar-refractivity contribution in [1.82, 2.24) is 4.90 Å². The van der Waals surface area contributed by atoms with Crippen LogP contribution in [0.1, 0.15) is 19.3 Å². The van der Waals surface area contributed by atoms with Crippen LogP contribution in [-0.4, -0.2) is 68.7 Å². The van der Waals surface area contributed by atoms with Crippen molar-refractivity contribution < 1.29 is 27.8 Å². The molecule has 8 heteroatoms. The Morgan fingerprint density at radius 1 is 1.19 bits per heavy atom. The van der Waals surface area contributed by atoms with Crippen LogP contribution < -0.4 is 9.47 Å². The lowest BCUT2D eigenvalue weighted by atomic mass is 9.78. The molecule has 4 atom stereocenters. The number of rotatable bonds is 6. The Morgan fingerprint density at radius 3 is 2.44 bits per heavy atom. The number of benzene rings is 1. The van der Waals surface area contributed by atoms with Gasteiger partial charge in [0.25, 0.3) is 0 Å². The molecule has 0 radical (unpaired) electrons. The molecular formula is C19H27NO6S. The van der Waals surface area contributed by atoms with Gasteiger partial charge in [0.1, 0.15) is 15.9 Å². The molecule has 2 aliphatic rings. The predicted octanol–water partition coefficient (Wildman–Crippen LogP) is 1.11. The van der Waals surface area contributed by atoms with Gasteiger partial charge in [-0.15, -0.1) is 0 Å². The molecule has 0 bridgehead atoms. The van der Waals surface area contributed by atoms with E-state index in [-0.39, 0.29) is 36.0 Å². The maximum Gasteiger partial charge on any atom is 0.223 e. The van der Waals surface area contributed by atoms with Crippen LogP contribution >= 0.6 is 0 Å². The Balaban J connectivity index is 1.61. The molecule has 1 aliphatic heterocycles. The quantitative estimate of drug-likeness (QED) is 0.773. The molecule has 0 unspecified atom stereocenters. The molecule has 3 rings (SSSR count). The third-order valence-corrected chi connectivity index (χ3v) is 6.42. The third-order valence-electron chi connectivity index (χ3n) is 5.47. The Labute approximate surface area is 160 Å². The number of carbonyl (C=O) groups excluding carboxylic acids is 1. The first kappa shape index (κ1) is 19.9. The molecule has 7 nitrogen and oxygen atoms in total. The summed E-state index contributed by atoms with van der Waals surface area (Å²) >= 11 is 0. The first-order chi connectivity index (χ1) is 12.8. The van der Waals surface area contributed by atoms with Crippen molar-refractivity contribution in [3.8, 4) is 11.5 Å². The van der Waals surface area contributed by atoms with Crippen molar-refractivity contribution in [2.75, 3.05) is 32.2 Å². The Bertz CT molecular complexity index is 780. The number of aliphatic hydroxyl groups is 1. The van der Waals surface area contributed by atoms with E-state index >= 15 is 0 Å². The summed E-state index contributed by atoms with van der Waals surface area (Å²) in [5.74, 6) is 1.43. The summed E-state index contributed by atoms with van der Waals surface area (Å²) in [6, 6.07) is 7.34. The molecule has 1 amide bonds. The van der Waals surface area contributed by atoms with Crippen LogP contribution in [0.3, 0.4) is 0 Å². The summed E-state index contributed by atoms with van der Waals surface area (Å²) in [5, 5.41) is 10.5. The molecule has 1 saturated heterocycles. The molecule has 1 aromatic rings. The second-order valence-electron chi connectivity index (χ2n) is 7.54. The second kappa shape index (κ2) is 8.06. The number of amides is 1. The van der Waals surface area contributed by atoms with Crippen molar-refractivity contribution in [3.63, 3.8) is 0 Å². The van der Waals surface area contributed by atoms with Crippen LogP contribution in [0.4, 0.5) is 0 Å². The fourth-order valence-electron chi connectivity index (χ4n) is 4.03. The minimum Gasteiger partial charge on any atom is -0.493 e. The van der Waals surface area contributed by atoms with E-state index in [9.17, 15) is 18.3 Å². The van der Waals surface area contributed by atoms with Gasteiger partial charge in [-0.05, 0) is 36.8 Å². The van der Waals surface area contributed by atoms with Gasteiger partial charge < -0.3 is 19.5 Å². The molecule has 1 aromatic carbocycles. The first-order valence-corrected chi connectivity index (χ1v) is 11.3. The highest BCUT2D eigenvalue weighted by atomic mass is 32.2. The number of hydrogen-bond acceptors (Lipinski definition) is 6. The summed E-state index contributed by atoms with van der Waals surface area (Å²) < 4.78 is 33.9. The molecule has 27 heavy (non-hydrogen) atoms. The van der Waals surface area contributed by atoms with E-state index in [2.05, 4.69) is 0 Å². The summed E-state index contributed by atoms with van der Waals surface area (Å²) in [4.78, 5) is 14.1. The highest BCUT2D eigenvalue weighted by Gasteiger charge is 2.44. The number of ether oxygens (including phenoxy) is 2. The number of likely N-dealkylation sites (tertiary alicyclic amines) is 1. The average Bonchev–Trinajstić information content (AvgIpc) is 3.02. The Kier molecular flexibility index (Phi) is 5.95. The highest BCUT2D eigenvalue weighted by Crippen LogP contribution is 2.39. The maximum absolute atomic E-state index is 12.3. The SMILES string of the molecule is COc1ccccc1O[C@@H]1C[C@@H]2CN(C(=O)CCS(C)(=O)=O)C[C@@H]2C[C@H]1O. The standard InChI is InChI=1S/C19H27NO6S/c1-25-16-5-3-4-6-17(16)26-18-10-14-12-20(11-13(14)9-15(18)21)19(22)7-8-27(2,23)24/h3-6,13-15,18,21H,7-12H2,1-2H3/t13-,14+,15+,18+/m0/s1. The van der Waals surface area contributed by atoms with Gasteiger partial charge in [-0.1, -0.05) is 12.1 Å². The number of methoxy groups -OCH3 is 1. The normalized spacial score (nSPS) is 27.9. The lowest BCUT2D eigenvalue weighted by Gasteiger charge is -2.35. The smallest absolute Gasteiger partial charge is 0.223 e. The van der Waals surface area contributed by atoms with Crippen LogP contribution in [0.25, 0.3) is 0 Å². The molecule has 0 aromatic heterocycles. The van der Waals surface area contributed by atoms with Crippen LogP contribution in [0.15, 0.2) is 24.3 Å². The van der Waals surface area contributed by atoms with Gasteiger partial charge in [-0.25, -0.2) is 8.42 Å². The van der Waals surface area contributed by atoms with Crippen LogP contribution in [0.5, 0.6) is 11.5 Å². The fraction of sp³-hybridized carbons (Fsp3) is 0.632. The molecular weight excluding hydrogens is 370 g/mol. The zero-order chi connectivity index (χ0) is 19.6. The van der Waals surface area contributed by atoms with Gasteiger partial charge in [0.2, 0.25) is 5.91 Å². The van der Waals surface area contributed by atoms with Crippen molar-refractivity contribution in [1.29, 1.82) is 0 Å². The minimum absolute atomic E-state index is 0.0158. The molecule has 0 spiro atoms. The molecule has 1 heterocycles. The average molecular weight is 397 g/mol. The number of fused-ring (bicyclic) bond motifs is 1. The second-order valence-corrected chi connectivity index (χ2v) is 9.80. The van der Waals surface area contributed by atoms with E-state index in [4.69, 9.17) is 9.47 Å². The molecule has 1 N–H and O–H groups in total. The summed E-state index contributed by atoms with van der Waals surface area (Å²) in [7, 11) is -1.58. The monoisotopic (exact) mass is 397 g/mol. The number of carbonyl (C=O) groups is 1. The van der Waals surface area contributed by atoms with Crippen molar-refractivity contribution in [3.05, 3.63) is 24.3 Å². The highest BCUT2D eigenvalue weighted by molar-refractivity contribution is 7.90. The van der Waals surface area contributed by atoms with E-state index in [1.54, 1.807) is 12.0 Å². The maximum atomic E-state index is 12.3. The number of nitrogens with zero attached hydrogens (tertiary/aromatic N) is 1. The topological polar surface area (TPSA) is 93.1 Å². The largest absolute Gasteiger partial charge is 0.493 e. The van der Waals surface area contributed by atoms with E-state index in [0.717, 1.165) is 6.26 Å². The Hall–Kier alpha value is -1.80. The third kappa shape index (κ3) is 4.93. The van der Waals surface area contributed by atoms with Crippen molar-refractivity contribution in [2.24, 2.45) is 11.8 Å². The van der Waals surface area contributed by atoms with Gasteiger partial charge in [-0.3, -0.25) is 4.79 Å². The lowest BCUT2D eigenvalue weighted by Crippen LogP contribution is -2.42. The summed E-state index contributed by atoms with van der Waals surface area (Å²) in [6.07, 6.45) is 1.42. The number of aliphatic hydroxyl groups excluding tert-OH is 1. The van der Waals surface area contributed by atoms with Crippen LogP contribution in [0, 0.1) is 11.8 Å². The lowest BCUT2D eigenvalue weighted by molar-refractivity contribution is -0.129. The van der Waals surface area contributed by atoms with Crippen molar-refractivity contribution >= 4 is 15.7 Å².